The molecule has 1 aliphatic rings. The molecule has 1 fully saturated rings. The molecule has 7 nitrogen and oxygen atoms in total. The summed E-state index contributed by atoms with van der Waals surface area (Å²) in [5.41, 5.74) is 8.48. The van der Waals surface area contributed by atoms with Crippen molar-refractivity contribution in [3.05, 3.63) is 84.6 Å². The van der Waals surface area contributed by atoms with Crippen LogP contribution in [-0.4, -0.2) is 43.4 Å². The third-order valence-corrected chi connectivity index (χ3v) is 7.97. The fourth-order valence-corrected chi connectivity index (χ4v) is 5.79. The number of nitrogens with one attached hydrogen (secondary N) is 1. The number of aryl methyl sites for hydroxylation is 2. The average molecular weight is 535 g/mol. The first-order valence-corrected chi connectivity index (χ1v) is 14.2. The minimum Gasteiger partial charge on any atom is -0.378 e. The molecule has 0 bridgehead atoms. The van der Waals surface area contributed by atoms with E-state index in [4.69, 9.17) is 4.98 Å². The summed E-state index contributed by atoms with van der Waals surface area (Å²) in [6.07, 6.45) is 11.3. The summed E-state index contributed by atoms with van der Waals surface area (Å²) in [4.78, 5) is 27.8. The van der Waals surface area contributed by atoms with E-state index in [-0.39, 0.29) is 11.9 Å². The average Bonchev–Trinajstić information content (AvgIpc) is 3.36. The Morgan fingerprint density at radius 3 is 2.52 bits per heavy atom. The summed E-state index contributed by atoms with van der Waals surface area (Å²) in [7, 11) is 2.07. The number of likely N-dealkylation sites (tertiary alicyclic amines) is 1. The van der Waals surface area contributed by atoms with Crippen molar-refractivity contribution in [3.8, 4) is 11.1 Å². The van der Waals surface area contributed by atoms with Crippen molar-refractivity contribution in [1.82, 2.24) is 24.4 Å². The Labute approximate surface area is 236 Å². The standard InChI is InChI=1S/C31H32N6O.C2H6/c1-20-6-10-32-19-27(20)30(23-8-14-37(15-9-23)21(2)38)35-25-17-26(31-28(18-25)33-11-12-34-31)24-5-4-22-7-13-36(3)29(22)16-24;1-2/h4-7,10-13,16-19,23,30,35H,8-9,14-15H2,1-3H3;1-2H3. The highest BCUT2D eigenvalue weighted by molar-refractivity contribution is 5.97. The quantitative estimate of drug-likeness (QED) is 0.265. The lowest BCUT2D eigenvalue weighted by atomic mass is 9.84. The maximum atomic E-state index is 12.0. The molecule has 206 valence electrons. The van der Waals surface area contributed by atoms with Crippen molar-refractivity contribution in [3.63, 3.8) is 0 Å². The van der Waals surface area contributed by atoms with Gasteiger partial charge in [-0.15, -0.1) is 0 Å². The second kappa shape index (κ2) is 11.9. The van der Waals surface area contributed by atoms with Gasteiger partial charge in [0, 0.05) is 74.8 Å². The van der Waals surface area contributed by atoms with E-state index in [1.54, 1.807) is 19.3 Å². The second-order valence-corrected chi connectivity index (χ2v) is 10.3. The first-order chi connectivity index (χ1) is 19.5. The van der Waals surface area contributed by atoms with Crippen molar-refractivity contribution in [2.75, 3.05) is 18.4 Å². The first-order valence-electron chi connectivity index (χ1n) is 14.2. The van der Waals surface area contributed by atoms with Crippen molar-refractivity contribution < 1.29 is 4.79 Å². The Bertz CT molecular complexity index is 1630. The molecule has 1 atom stereocenters. The summed E-state index contributed by atoms with van der Waals surface area (Å²) in [6.45, 7) is 9.36. The summed E-state index contributed by atoms with van der Waals surface area (Å²) in [6, 6.07) is 15.1. The molecule has 2 aromatic carbocycles. The van der Waals surface area contributed by atoms with E-state index in [9.17, 15) is 4.79 Å². The lowest BCUT2D eigenvalue weighted by Crippen LogP contribution is -2.39. The maximum Gasteiger partial charge on any atom is 0.219 e. The van der Waals surface area contributed by atoms with E-state index in [2.05, 4.69) is 82.5 Å². The monoisotopic (exact) mass is 534 g/mol. The molecular weight excluding hydrogens is 496 g/mol. The van der Waals surface area contributed by atoms with Gasteiger partial charge in [0.05, 0.1) is 17.1 Å². The van der Waals surface area contributed by atoms with Gasteiger partial charge in [-0.2, -0.15) is 0 Å². The van der Waals surface area contributed by atoms with Gasteiger partial charge in [-0.3, -0.25) is 19.7 Å². The summed E-state index contributed by atoms with van der Waals surface area (Å²) in [5, 5.41) is 5.09. The number of anilines is 1. The molecule has 1 saturated heterocycles. The van der Waals surface area contributed by atoms with Crippen LogP contribution in [-0.2, 0) is 11.8 Å². The second-order valence-electron chi connectivity index (χ2n) is 10.3. The van der Waals surface area contributed by atoms with E-state index in [1.807, 2.05) is 31.1 Å². The number of amides is 1. The number of benzene rings is 2. The van der Waals surface area contributed by atoms with E-state index in [0.717, 1.165) is 53.8 Å². The van der Waals surface area contributed by atoms with E-state index >= 15 is 0 Å². The molecular formula is C33H38N6O. The molecule has 1 N–H and O–H groups in total. The molecule has 0 radical (unpaired) electrons. The highest BCUT2D eigenvalue weighted by Gasteiger charge is 2.30. The van der Waals surface area contributed by atoms with Crippen LogP contribution in [0.1, 0.15) is 50.8 Å². The van der Waals surface area contributed by atoms with Crippen molar-refractivity contribution >= 4 is 33.5 Å². The number of carbonyl (C=O) groups excluding carboxylic acids is 1. The zero-order chi connectivity index (χ0) is 28.2. The fraction of sp³-hybridized carbons (Fsp3) is 0.333. The number of piperidine rings is 1. The highest BCUT2D eigenvalue weighted by atomic mass is 16.2. The lowest BCUT2D eigenvalue weighted by molar-refractivity contribution is -0.130. The fourth-order valence-electron chi connectivity index (χ4n) is 5.79. The van der Waals surface area contributed by atoms with Gasteiger partial charge < -0.3 is 14.8 Å². The Kier molecular flexibility index (Phi) is 8.10. The minimum absolute atomic E-state index is 0.0649. The third-order valence-electron chi connectivity index (χ3n) is 7.97. The molecule has 5 aromatic rings. The molecule has 0 saturated carbocycles. The zero-order valence-electron chi connectivity index (χ0n) is 24.1. The SMILES string of the molecule is CC.CC(=O)N1CCC(C(Nc2cc(-c3ccc4ccn(C)c4c3)c3nccnc3c2)c2cnccc2C)CC1. The molecule has 0 spiro atoms. The lowest BCUT2D eigenvalue weighted by Gasteiger charge is -2.37. The predicted molar refractivity (Wildman–Crippen MR) is 163 cm³/mol. The van der Waals surface area contributed by atoms with Gasteiger partial charge in [0.25, 0.3) is 0 Å². The molecule has 1 aliphatic heterocycles. The van der Waals surface area contributed by atoms with Crippen LogP contribution in [0.4, 0.5) is 5.69 Å². The number of fused-ring (bicyclic) bond motifs is 2. The Balaban J connectivity index is 0.00000158. The topological polar surface area (TPSA) is 75.9 Å². The number of pyridine rings is 1. The summed E-state index contributed by atoms with van der Waals surface area (Å²) in [5.74, 6) is 0.521. The van der Waals surface area contributed by atoms with E-state index in [0.29, 0.717) is 5.92 Å². The molecule has 40 heavy (non-hydrogen) atoms. The smallest absolute Gasteiger partial charge is 0.219 e. The van der Waals surface area contributed by atoms with Crippen LogP contribution in [0.3, 0.4) is 0 Å². The van der Waals surface area contributed by atoms with Crippen LogP contribution in [0.25, 0.3) is 33.1 Å². The maximum absolute atomic E-state index is 12.0. The minimum atomic E-state index is 0.0649. The van der Waals surface area contributed by atoms with Crippen LogP contribution in [0, 0.1) is 12.8 Å². The Morgan fingerprint density at radius 2 is 1.77 bits per heavy atom. The number of rotatable bonds is 5. The molecule has 4 heterocycles. The van der Waals surface area contributed by atoms with Crippen molar-refractivity contribution in [2.45, 2.75) is 46.6 Å². The Morgan fingerprint density at radius 1 is 1.00 bits per heavy atom. The van der Waals surface area contributed by atoms with E-state index < -0.39 is 0 Å². The number of carbonyl (C=O) groups is 1. The van der Waals surface area contributed by atoms with Crippen LogP contribution < -0.4 is 5.32 Å². The van der Waals surface area contributed by atoms with Gasteiger partial charge in [0.15, 0.2) is 0 Å². The Hall–Kier alpha value is -4.26. The van der Waals surface area contributed by atoms with Crippen molar-refractivity contribution in [1.29, 1.82) is 0 Å². The first kappa shape index (κ1) is 27.3. The highest BCUT2D eigenvalue weighted by Crippen LogP contribution is 2.38. The van der Waals surface area contributed by atoms with Crippen LogP contribution in [0.2, 0.25) is 0 Å². The normalized spacial score (nSPS) is 14.6. The zero-order valence-corrected chi connectivity index (χ0v) is 24.1. The van der Waals surface area contributed by atoms with Gasteiger partial charge in [-0.05, 0) is 78.1 Å². The van der Waals surface area contributed by atoms with Gasteiger partial charge in [0.1, 0.15) is 0 Å². The number of aromatic nitrogens is 4. The summed E-state index contributed by atoms with van der Waals surface area (Å²) < 4.78 is 2.14. The molecule has 6 rings (SSSR count). The van der Waals surface area contributed by atoms with Crippen LogP contribution in [0.5, 0.6) is 0 Å². The predicted octanol–water partition coefficient (Wildman–Crippen LogP) is 6.93. The van der Waals surface area contributed by atoms with Crippen LogP contribution in [0.15, 0.2) is 73.4 Å². The number of nitrogens with zero attached hydrogens (tertiary/aromatic N) is 5. The van der Waals surface area contributed by atoms with Gasteiger partial charge >= 0.3 is 0 Å². The third kappa shape index (κ3) is 5.41. The molecule has 1 unspecified atom stereocenters. The van der Waals surface area contributed by atoms with E-state index in [1.165, 1.54) is 22.0 Å². The van der Waals surface area contributed by atoms with Gasteiger partial charge in [-0.1, -0.05) is 26.0 Å². The van der Waals surface area contributed by atoms with Gasteiger partial charge in [-0.25, -0.2) is 0 Å². The largest absolute Gasteiger partial charge is 0.378 e. The summed E-state index contributed by atoms with van der Waals surface area (Å²) >= 11 is 0. The van der Waals surface area contributed by atoms with Gasteiger partial charge in [0.2, 0.25) is 5.91 Å². The molecule has 0 aliphatic carbocycles. The molecule has 3 aromatic heterocycles. The molecule has 7 heteroatoms. The van der Waals surface area contributed by atoms with Crippen molar-refractivity contribution in [2.24, 2.45) is 13.0 Å². The van der Waals surface area contributed by atoms with Crippen LogP contribution >= 0.6 is 0 Å². The molecule has 1 amide bonds. The number of hydrogen-bond acceptors (Lipinski definition) is 5. The number of hydrogen-bond donors (Lipinski definition) is 1.